The smallest absolute Gasteiger partial charge is 0.190 e. The highest BCUT2D eigenvalue weighted by atomic mass is 15.3. The summed E-state index contributed by atoms with van der Waals surface area (Å²) in [4.78, 5) is 10.9. The highest BCUT2D eigenvalue weighted by Crippen LogP contribution is 2.02. The second-order valence-electron chi connectivity index (χ2n) is 8.04. The fourth-order valence-corrected chi connectivity index (χ4v) is 3.05. The van der Waals surface area contributed by atoms with Crippen molar-refractivity contribution in [3.63, 3.8) is 0 Å². The molecule has 0 amide bonds. The molecule has 8 heteroatoms. The van der Waals surface area contributed by atoms with Gasteiger partial charge in [-0.2, -0.15) is 0 Å². The van der Waals surface area contributed by atoms with Crippen LogP contribution in [0.4, 0.5) is 0 Å². The van der Waals surface area contributed by atoms with Gasteiger partial charge >= 0.3 is 0 Å². The molecule has 0 heterocycles. The van der Waals surface area contributed by atoms with Crippen molar-refractivity contribution >= 4 is 11.9 Å². The summed E-state index contributed by atoms with van der Waals surface area (Å²) in [7, 11) is 2.02. The molecule has 8 nitrogen and oxygen atoms in total. The van der Waals surface area contributed by atoms with Crippen molar-refractivity contribution in [2.24, 2.45) is 27.2 Å². The van der Waals surface area contributed by atoms with Gasteiger partial charge in [0.25, 0.3) is 0 Å². The molecule has 0 aromatic carbocycles. The van der Waals surface area contributed by atoms with Gasteiger partial charge in [0.2, 0.25) is 0 Å². The van der Waals surface area contributed by atoms with Crippen LogP contribution in [0.25, 0.3) is 0 Å². The molecule has 0 aliphatic heterocycles. The Balaban J connectivity index is 3.68. The second-order valence-corrected chi connectivity index (χ2v) is 8.04. The number of nitrogens with zero attached hydrogens (tertiary/aromatic N) is 3. The van der Waals surface area contributed by atoms with E-state index in [2.05, 4.69) is 39.4 Å². The molecule has 0 radical (unpaired) electrons. The number of unbranched alkanes of at least 4 members (excludes halogenated alkanes) is 9. The Hall–Kier alpha value is -1.54. The molecule has 0 aliphatic carbocycles. The summed E-state index contributed by atoms with van der Waals surface area (Å²) >= 11 is 0. The van der Waals surface area contributed by atoms with Crippen LogP contribution in [0.2, 0.25) is 0 Å². The van der Waals surface area contributed by atoms with Gasteiger partial charge in [-0.3, -0.25) is 21.0 Å². The van der Waals surface area contributed by atoms with Crippen LogP contribution in [0.5, 0.6) is 0 Å². The van der Waals surface area contributed by atoms with Gasteiger partial charge in [0, 0.05) is 26.7 Å². The van der Waals surface area contributed by atoms with Gasteiger partial charge in [-0.25, -0.2) is 0 Å². The lowest BCUT2D eigenvalue weighted by Gasteiger charge is -2.17. The maximum absolute atomic E-state index is 6.04. The van der Waals surface area contributed by atoms with Crippen LogP contribution < -0.4 is 27.8 Å². The minimum Gasteiger partial charge on any atom is -0.370 e. The average Bonchev–Trinajstić information content (AvgIpc) is 2.72. The van der Waals surface area contributed by atoms with E-state index in [1.54, 1.807) is 0 Å². The molecule has 8 N–H and O–H groups in total. The topological polar surface area (TPSA) is 130 Å². The number of hydrogen-bond acceptors (Lipinski definition) is 4. The van der Waals surface area contributed by atoms with E-state index < -0.39 is 0 Å². The standard InChI is InChI=1S/C22H50N8/c1-4-6-8-12-16-26-20(23)29-21(24)27-17-13-10-11-14-18-28-22(25)30(3)19-15-9-7-5-2/h20,26H,4-19,23H2,1-3H3,(H2,25,28)(H3,24,27,29). The van der Waals surface area contributed by atoms with Crippen LogP contribution >= 0.6 is 0 Å². The lowest BCUT2D eigenvalue weighted by molar-refractivity contribution is 0.464. The van der Waals surface area contributed by atoms with Gasteiger partial charge in [-0.15, -0.1) is 0 Å². The van der Waals surface area contributed by atoms with Crippen molar-refractivity contribution in [3.8, 4) is 0 Å². The number of aliphatic imine (C=N–C) groups is 2. The van der Waals surface area contributed by atoms with Crippen LogP contribution in [-0.2, 0) is 0 Å². The highest BCUT2D eigenvalue weighted by Gasteiger charge is 2.02. The van der Waals surface area contributed by atoms with E-state index in [0.29, 0.717) is 18.5 Å². The molecule has 30 heavy (non-hydrogen) atoms. The van der Waals surface area contributed by atoms with Crippen molar-refractivity contribution in [1.29, 1.82) is 0 Å². The monoisotopic (exact) mass is 426 g/mol. The Morgan fingerprint density at radius 3 is 2.00 bits per heavy atom. The van der Waals surface area contributed by atoms with E-state index in [-0.39, 0.29) is 6.29 Å². The van der Waals surface area contributed by atoms with Gasteiger partial charge in [0.05, 0.1) is 0 Å². The van der Waals surface area contributed by atoms with Crippen LogP contribution in [0.15, 0.2) is 9.98 Å². The first-order chi connectivity index (χ1) is 14.5. The van der Waals surface area contributed by atoms with Crippen molar-refractivity contribution in [1.82, 2.24) is 15.5 Å². The molecule has 0 spiro atoms. The van der Waals surface area contributed by atoms with Crippen molar-refractivity contribution in [2.45, 2.75) is 97.2 Å². The first-order valence-electron chi connectivity index (χ1n) is 12.1. The zero-order valence-electron chi connectivity index (χ0n) is 20.0. The second kappa shape index (κ2) is 20.7. The Bertz CT molecular complexity index is 439. The van der Waals surface area contributed by atoms with Gasteiger partial charge < -0.3 is 21.7 Å². The summed E-state index contributed by atoms with van der Waals surface area (Å²) in [5.74, 6) is 1.06. The van der Waals surface area contributed by atoms with Crippen molar-refractivity contribution in [3.05, 3.63) is 0 Å². The fraction of sp³-hybridized carbons (Fsp3) is 0.909. The quantitative estimate of drug-likeness (QED) is 0.0934. The Morgan fingerprint density at radius 2 is 1.37 bits per heavy atom. The molecule has 0 saturated carbocycles. The summed E-state index contributed by atoms with van der Waals surface area (Å²) in [6.45, 7) is 7.81. The average molecular weight is 427 g/mol. The predicted molar refractivity (Wildman–Crippen MR) is 131 cm³/mol. The molecular formula is C22H50N8. The van der Waals surface area contributed by atoms with Gasteiger partial charge in [0.1, 0.15) is 6.29 Å². The lowest BCUT2D eigenvalue weighted by Crippen LogP contribution is -2.54. The molecule has 1 unspecified atom stereocenters. The van der Waals surface area contributed by atoms with E-state index in [0.717, 1.165) is 51.7 Å². The third-order valence-corrected chi connectivity index (χ3v) is 5.06. The Kier molecular flexibility index (Phi) is 19.7. The highest BCUT2D eigenvalue weighted by molar-refractivity contribution is 5.78. The largest absolute Gasteiger partial charge is 0.370 e. The van der Waals surface area contributed by atoms with E-state index in [4.69, 9.17) is 17.2 Å². The summed E-state index contributed by atoms with van der Waals surface area (Å²) in [5, 5.41) is 6.20. The zero-order valence-corrected chi connectivity index (χ0v) is 20.0. The van der Waals surface area contributed by atoms with Crippen LogP contribution in [0.1, 0.15) is 90.9 Å². The number of guanidine groups is 2. The molecule has 0 fully saturated rings. The summed E-state index contributed by atoms with van der Waals surface area (Å²) in [6.07, 6.45) is 13.8. The summed E-state index contributed by atoms with van der Waals surface area (Å²) in [5.41, 5.74) is 17.9. The van der Waals surface area contributed by atoms with E-state index in [9.17, 15) is 0 Å². The van der Waals surface area contributed by atoms with Crippen LogP contribution in [-0.4, -0.2) is 56.3 Å². The molecular weight excluding hydrogens is 376 g/mol. The van der Waals surface area contributed by atoms with Gasteiger partial charge in [-0.1, -0.05) is 65.2 Å². The minimum absolute atomic E-state index is 0.344. The number of rotatable bonds is 19. The Labute approximate surface area is 185 Å². The maximum Gasteiger partial charge on any atom is 0.190 e. The molecule has 0 saturated heterocycles. The molecule has 0 aromatic heterocycles. The van der Waals surface area contributed by atoms with E-state index >= 15 is 0 Å². The lowest BCUT2D eigenvalue weighted by atomic mass is 10.2. The maximum atomic E-state index is 6.04. The SMILES string of the molecule is CCCCCCNC(N)NC(N)=NCCCCCCN=C(N)N(C)CCCCCC. The fourth-order valence-electron chi connectivity index (χ4n) is 3.05. The molecule has 0 rings (SSSR count). The Morgan fingerprint density at radius 1 is 0.800 bits per heavy atom. The normalized spacial score (nSPS) is 13.5. The van der Waals surface area contributed by atoms with Crippen molar-refractivity contribution < 1.29 is 0 Å². The first kappa shape index (κ1) is 28.5. The minimum atomic E-state index is -0.344. The van der Waals surface area contributed by atoms with Crippen LogP contribution in [0.3, 0.4) is 0 Å². The third-order valence-electron chi connectivity index (χ3n) is 5.06. The predicted octanol–water partition coefficient (Wildman–Crippen LogP) is 2.69. The molecule has 1 atom stereocenters. The summed E-state index contributed by atoms with van der Waals surface area (Å²) in [6, 6.07) is 0. The molecule has 178 valence electrons. The van der Waals surface area contributed by atoms with E-state index in [1.165, 1.54) is 44.9 Å². The number of hydrogen-bond donors (Lipinski definition) is 5. The third kappa shape index (κ3) is 18.5. The number of nitrogens with one attached hydrogen (secondary N) is 2. The number of nitrogens with two attached hydrogens (primary N) is 3. The van der Waals surface area contributed by atoms with Crippen molar-refractivity contribution in [2.75, 3.05) is 33.2 Å². The van der Waals surface area contributed by atoms with Gasteiger partial charge in [-0.05, 0) is 32.2 Å². The van der Waals surface area contributed by atoms with Crippen LogP contribution in [0, 0.1) is 0 Å². The molecule has 0 bridgehead atoms. The molecule has 0 aliphatic rings. The first-order valence-corrected chi connectivity index (χ1v) is 12.1. The van der Waals surface area contributed by atoms with Gasteiger partial charge in [0.15, 0.2) is 11.9 Å². The zero-order chi connectivity index (χ0) is 22.5. The van der Waals surface area contributed by atoms with E-state index in [1.807, 2.05) is 7.05 Å². The summed E-state index contributed by atoms with van der Waals surface area (Å²) < 4.78 is 0. The molecule has 0 aromatic rings.